The summed E-state index contributed by atoms with van der Waals surface area (Å²) < 4.78 is 43.1. The highest BCUT2D eigenvalue weighted by Crippen LogP contribution is 2.58. The molecule has 186 valence electrons. The van der Waals surface area contributed by atoms with Gasteiger partial charge >= 0.3 is 0 Å². The van der Waals surface area contributed by atoms with Crippen LogP contribution in [-0.4, -0.2) is 30.2 Å². The largest absolute Gasteiger partial charge is 0.490 e. The third-order valence-corrected chi connectivity index (χ3v) is 7.78. The van der Waals surface area contributed by atoms with Gasteiger partial charge in [0.15, 0.2) is 17.2 Å². The van der Waals surface area contributed by atoms with Crippen molar-refractivity contribution in [1.29, 1.82) is 0 Å². The third kappa shape index (κ3) is 3.18. The van der Waals surface area contributed by atoms with E-state index in [2.05, 4.69) is 5.32 Å². The average molecular weight is 513 g/mol. The Hall–Kier alpha value is -3.20. The van der Waals surface area contributed by atoms with Gasteiger partial charge in [0.25, 0.3) is 0 Å². The molecule has 3 aliphatic rings. The molecule has 3 aromatic carbocycles. The number of benzene rings is 3. The molecular weight excluding hydrogens is 490 g/mol. The summed E-state index contributed by atoms with van der Waals surface area (Å²) in [5, 5.41) is 14.9. The van der Waals surface area contributed by atoms with Crippen molar-refractivity contribution >= 4 is 17.5 Å². The minimum Gasteiger partial charge on any atom is -0.490 e. The maximum Gasteiger partial charge on any atom is 0.249 e. The van der Waals surface area contributed by atoms with E-state index in [9.17, 15) is 9.90 Å². The molecule has 9 heteroatoms. The summed E-state index contributed by atoms with van der Waals surface area (Å²) in [4.78, 5) is 12.5. The van der Waals surface area contributed by atoms with Crippen LogP contribution in [0.4, 0.5) is 8.78 Å². The highest BCUT2D eigenvalue weighted by molar-refractivity contribution is 6.34. The lowest BCUT2D eigenvalue weighted by atomic mass is 9.78. The van der Waals surface area contributed by atoms with Crippen LogP contribution < -0.4 is 20.5 Å². The van der Waals surface area contributed by atoms with Crippen molar-refractivity contribution in [1.82, 2.24) is 5.32 Å². The lowest BCUT2D eigenvalue weighted by Gasteiger charge is -2.38. The number of hydrogen-bond donors (Lipinski definition) is 3. The van der Waals surface area contributed by atoms with Gasteiger partial charge in [-0.05, 0) is 31.0 Å². The number of hydrogen-bond acceptors (Lipinski definition) is 5. The molecule has 3 heterocycles. The number of amides is 1. The number of carbonyl (C=O) groups excluding carboxylic acids is 1. The number of nitrogens with one attached hydrogen (secondary N) is 1. The molecule has 1 fully saturated rings. The van der Waals surface area contributed by atoms with Crippen molar-refractivity contribution in [2.75, 3.05) is 13.2 Å². The molecule has 1 amide bonds. The highest BCUT2D eigenvalue weighted by Gasteiger charge is 2.56. The maximum atomic E-state index is 16.0. The van der Waals surface area contributed by atoms with E-state index in [1.165, 1.54) is 6.07 Å². The molecule has 6 rings (SSSR count). The summed E-state index contributed by atoms with van der Waals surface area (Å²) >= 11 is 6.46. The molecule has 6 nitrogen and oxygen atoms in total. The molecule has 0 unspecified atom stereocenters. The summed E-state index contributed by atoms with van der Waals surface area (Å²) in [6, 6.07) is 11.4. The lowest BCUT2D eigenvalue weighted by Crippen LogP contribution is -2.51. The number of rotatable bonds is 4. The number of nitrogens with two attached hydrogens (primary N) is 1. The van der Waals surface area contributed by atoms with Crippen LogP contribution in [0, 0.1) is 11.6 Å². The van der Waals surface area contributed by atoms with Gasteiger partial charge in [-0.1, -0.05) is 41.9 Å². The second kappa shape index (κ2) is 8.44. The van der Waals surface area contributed by atoms with Crippen LogP contribution >= 0.6 is 11.6 Å². The van der Waals surface area contributed by atoms with Gasteiger partial charge < -0.3 is 25.6 Å². The van der Waals surface area contributed by atoms with E-state index in [1.54, 1.807) is 0 Å². The molecule has 4 N–H and O–H groups in total. The summed E-state index contributed by atoms with van der Waals surface area (Å²) in [6.45, 7) is 0.954. The molecule has 0 aliphatic carbocycles. The molecular formula is C27H23ClF2N2O4. The van der Waals surface area contributed by atoms with Gasteiger partial charge in [-0.3, -0.25) is 4.79 Å². The van der Waals surface area contributed by atoms with Crippen molar-refractivity contribution in [3.05, 3.63) is 81.4 Å². The molecule has 0 bridgehead atoms. The minimum atomic E-state index is -1.37. The van der Waals surface area contributed by atoms with Gasteiger partial charge in [0, 0.05) is 34.7 Å². The Bertz CT molecular complexity index is 1390. The summed E-state index contributed by atoms with van der Waals surface area (Å²) in [5.74, 6) is -2.68. The number of fused-ring (bicyclic) bond motifs is 2. The lowest BCUT2D eigenvalue weighted by molar-refractivity contribution is -0.0566. The van der Waals surface area contributed by atoms with Crippen molar-refractivity contribution < 1.29 is 28.2 Å². The normalized spacial score (nSPS) is 24.2. The van der Waals surface area contributed by atoms with Crippen molar-refractivity contribution in [2.24, 2.45) is 5.73 Å². The van der Waals surface area contributed by atoms with Crippen LogP contribution in [0.1, 0.15) is 46.0 Å². The monoisotopic (exact) mass is 512 g/mol. The number of carbonyl (C=O) groups is 1. The predicted molar refractivity (Wildman–Crippen MR) is 129 cm³/mol. The van der Waals surface area contributed by atoms with E-state index in [0.717, 1.165) is 19.0 Å². The summed E-state index contributed by atoms with van der Waals surface area (Å²) in [5.41, 5.74) is 4.91. The van der Waals surface area contributed by atoms with Gasteiger partial charge in [-0.15, -0.1) is 0 Å². The van der Waals surface area contributed by atoms with Crippen molar-refractivity contribution in [2.45, 2.75) is 37.0 Å². The fraction of sp³-hybridized carbons (Fsp3) is 0.296. The molecule has 0 spiro atoms. The fourth-order valence-electron chi connectivity index (χ4n) is 5.83. The zero-order valence-corrected chi connectivity index (χ0v) is 19.9. The standard InChI is InChI=1S/C27H23ClF2N2O4/c28-22-16(29)12-17-20(21(22)19-15(26(31)34)11-13-8-10-35-24(13)23(19)30)25(33)27(36-17,18-7-4-9-32-18)14-5-2-1-3-6-14/h1-3,5-6,11-12,18,25,32-33H,4,7-10H2,(H2,31,34)/t18-,25-,27-/m0/s1. The first kappa shape index (κ1) is 23.2. The minimum absolute atomic E-state index is 0.0215. The second-order valence-corrected chi connectivity index (χ2v) is 9.71. The van der Waals surface area contributed by atoms with Crippen LogP contribution in [0.2, 0.25) is 5.02 Å². The second-order valence-electron chi connectivity index (χ2n) is 9.34. The van der Waals surface area contributed by atoms with E-state index in [4.69, 9.17) is 26.8 Å². The van der Waals surface area contributed by atoms with Gasteiger partial charge in [0.1, 0.15) is 17.7 Å². The zero-order chi connectivity index (χ0) is 25.2. The van der Waals surface area contributed by atoms with Crippen molar-refractivity contribution in [3.8, 4) is 22.6 Å². The van der Waals surface area contributed by atoms with Gasteiger partial charge in [0.05, 0.1) is 23.2 Å². The number of halogens is 3. The van der Waals surface area contributed by atoms with Crippen LogP contribution in [0.15, 0.2) is 42.5 Å². The first-order valence-electron chi connectivity index (χ1n) is 11.8. The Kier molecular flexibility index (Phi) is 5.44. The number of primary amides is 1. The van der Waals surface area contributed by atoms with E-state index in [1.807, 2.05) is 30.3 Å². The molecule has 0 aromatic heterocycles. The Labute approximate surface area is 211 Å². The Balaban J connectivity index is 1.65. The molecule has 36 heavy (non-hydrogen) atoms. The maximum absolute atomic E-state index is 16.0. The highest BCUT2D eigenvalue weighted by atomic mass is 35.5. The van der Waals surface area contributed by atoms with Gasteiger partial charge in [-0.2, -0.15) is 0 Å². The van der Waals surface area contributed by atoms with Crippen molar-refractivity contribution in [3.63, 3.8) is 0 Å². The Morgan fingerprint density at radius 1 is 1.19 bits per heavy atom. The van der Waals surface area contributed by atoms with Gasteiger partial charge in [0.2, 0.25) is 5.91 Å². The van der Waals surface area contributed by atoms with Gasteiger partial charge in [-0.25, -0.2) is 8.78 Å². The summed E-state index contributed by atoms with van der Waals surface area (Å²) in [6.07, 6.45) is 0.584. The Morgan fingerprint density at radius 2 is 1.97 bits per heavy atom. The van der Waals surface area contributed by atoms with Crippen LogP contribution in [0.5, 0.6) is 11.5 Å². The number of aliphatic hydroxyl groups excluding tert-OH is 1. The molecule has 0 radical (unpaired) electrons. The zero-order valence-electron chi connectivity index (χ0n) is 19.1. The topological polar surface area (TPSA) is 93.8 Å². The number of aliphatic hydroxyl groups is 1. The number of ether oxygens (including phenoxy) is 2. The molecule has 0 saturated carbocycles. The molecule has 1 saturated heterocycles. The summed E-state index contributed by atoms with van der Waals surface area (Å²) in [7, 11) is 0. The van der Waals surface area contributed by atoms with E-state index in [-0.39, 0.29) is 46.4 Å². The smallest absolute Gasteiger partial charge is 0.249 e. The van der Waals surface area contributed by atoms with Crippen LogP contribution in [0.25, 0.3) is 11.1 Å². The molecule has 3 atom stereocenters. The van der Waals surface area contributed by atoms with E-state index < -0.39 is 34.3 Å². The fourth-order valence-corrected chi connectivity index (χ4v) is 6.08. The molecule has 3 aromatic rings. The predicted octanol–water partition coefficient (Wildman–Crippen LogP) is 4.39. The van der Waals surface area contributed by atoms with Crippen LogP contribution in [-0.2, 0) is 12.0 Å². The quantitative estimate of drug-likeness (QED) is 0.482. The molecule has 3 aliphatic heterocycles. The average Bonchev–Trinajstić information content (AvgIpc) is 3.62. The van der Waals surface area contributed by atoms with E-state index in [0.29, 0.717) is 24.0 Å². The van der Waals surface area contributed by atoms with Crippen LogP contribution in [0.3, 0.4) is 0 Å². The SMILES string of the molecule is NC(=O)c1cc2c(c(F)c1-c1c(Cl)c(F)cc3c1[C@H](O)[C@](c1ccccc1)([C@@H]1CCCN1)O3)OCC2. The first-order chi connectivity index (χ1) is 17.3. The van der Waals surface area contributed by atoms with E-state index >= 15 is 8.78 Å². The first-order valence-corrected chi connectivity index (χ1v) is 12.2. The Morgan fingerprint density at radius 3 is 2.67 bits per heavy atom. The third-order valence-electron chi connectivity index (χ3n) is 7.41.